The SMILES string of the molecule is C=CC(=O)N[C@H]1CCOC[C@H]1Nc1ncc2cc(-c3c(Cl)ccc(OC)c3Cl)nc(CC)c2n1. The monoisotopic (exact) mass is 501 g/mol. The van der Waals surface area contributed by atoms with Gasteiger partial charge in [0, 0.05) is 23.8 Å². The van der Waals surface area contributed by atoms with Gasteiger partial charge in [-0.25, -0.2) is 9.97 Å². The molecule has 0 bridgehead atoms. The van der Waals surface area contributed by atoms with Gasteiger partial charge in [-0.3, -0.25) is 9.78 Å². The number of aromatic nitrogens is 3. The minimum atomic E-state index is -0.224. The van der Waals surface area contributed by atoms with Crippen molar-refractivity contribution < 1.29 is 14.3 Å². The molecule has 3 aromatic rings. The molecule has 2 atom stereocenters. The summed E-state index contributed by atoms with van der Waals surface area (Å²) in [5, 5.41) is 7.92. The summed E-state index contributed by atoms with van der Waals surface area (Å²) >= 11 is 13.0. The number of aryl methyl sites for hydroxylation is 1. The molecule has 0 spiro atoms. The number of benzene rings is 1. The molecule has 1 amide bonds. The maximum absolute atomic E-state index is 11.8. The van der Waals surface area contributed by atoms with Crippen molar-refractivity contribution >= 4 is 46.0 Å². The molecule has 0 radical (unpaired) electrons. The van der Waals surface area contributed by atoms with Gasteiger partial charge in [-0.05, 0) is 37.1 Å². The number of amides is 1. The van der Waals surface area contributed by atoms with Gasteiger partial charge in [0.15, 0.2) is 0 Å². The lowest BCUT2D eigenvalue weighted by molar-refractivity contribution is -0.117. The summed E-state index contributed by atoms with van der Waals surface area (Å²) in [5.41, 5.74) is 2.73. The van der Waals surface area contributed by atoms with E-state index in [1.165, 1.54) is 6.08 Å². The zero-order valence-corrected chi connectivity index (χ0v) is 20.4. The third-order valence-electron chi connectivity index (χ3n) is 5.69. The van der Waals surface area contributed by atoms with Gasteiger partial charge in [0.1, 0.15) is 5.75 Å². The highest BCUT2D eigenvalue weighted by Gasteiger charge is 2.27. The van der Waals surface area contributed by atoms with Crippen molar-refractivity contribution in [3.05, 3.63) is 52.8 Å². The van der Waals surface area contributed by atoms with E-state index in [-0.39, 0.29) is 18.0 Å². The second kappa shape index (κ2) is 10.5. The van der Waals surface area contributed by atoms with E-state index in [1.54, 1.807) is 25.4 Å². The molecule has 1 aromatic carbocycles. The van der Waals surface area contributed by atoms with E-state index in [1.807, 2.05) is 13.0 Å². The Morgan fingerprint density at radius 3 is 2.88 bits per heavy atom. The Balaban J connectivity index is 1.69. The van der Waals surface area contributed by atoms with E-state index in [0.717, 1.165) is 16.6 Å². The van der Waals surface area contributed by atoms with Gasteiger partial charge >= 0.3 is 0 Å². The van der Waals surface area contributed by atoms with Gasteiger partial charge in [-0.2, -0.15) is 0 Å². The van der Waals surface area contributed by atoms with Gasteiger partial charge in [0.05, 0.1) is 52.8 Å². The molecule has 178 valence electrons. The molecule has 2 N–H and O–H groups in total. The molecule has 0 saturated carbocycles. The van der Waals surface area contributed by atoms with Crippen molar-refractivity contribution in [1.29, 1.82) is 0 Å². The number of fused-ring (bicyclic) bond motifs is 1. The fraction of sp³-hybridized carbons (Fsp3) is 0.333. The number of anilines is 1. The predicted octanol–water partition coefficient (Wildman–Crippen LogP) is 4.44. The van der Waals surface area contributed by atoms with E-state index in [9.17, 15) is 4.79 Å². The van der Waals surface area contributed by atoms with Crippen molar-refractivity contribution in [2.75, 3.05) is 25.6 Å². The zero-order chi connectivity index (χ0) is 24.2. The van der Waals surface area contributed by atoms with Crippen LogP contribution >= 0.6 is 23.2 Å². The lowest BCUT2D eigenvalue weighted by Gasteiger charge is -2.32. The van der Waals surface area contributed by atoms with Crippen molar-refractivity contribution in [1.82, 2.24) is 20.3 Å². The van der Waals surface area contributed by atoms with Crippen LogP contribution in [0.5, 0.6) is 5.75 Å². The smallest absolute Gasteiger partial charge is 0.243 e. The average molecular weight is 502 g/mol. The van der Waals surface area contributed by atoms with Gasteiger partial charge < -0.3 is 20.1 Å². The van der Waals surface area contributed by atoms with Crippen LogP contribution in [0.4, 0.5) is 5.95 Å². The van der Waals surface area contributed by atoms with Crippen molar-refractivity contribution in [3.8, 4) is 17.0 Å². The Hall–Kier alpha value is -2.94. The minimum absolute atomic E-state index is 0.123. The first kappa shape index (κ1) is 24.2. The highest BCUT2D eigenvalue weighted by atomic mass is 35.5. The molecule has 0 aliphatic carbocycles. The Bertz CT molecular complexity index is 1240. The van der Waals surface area contributed by atoms with Crippen LogP contribution in [-0.4, -0.2) is 53.3 Å². The third-order valence-corrected chi connectivity index (χ3v) is 6.38. The number of methoxy groups -OCH3 is 1. The summed E-state index contributed by atoms with van der Waals surface area (Å²) in [6, 6.07) is 5.01. The number of nitrogens with zero attached hydrogens (tertiary/aromatic N) is 3. The fourth-order valence-electron chi connectivity index (χ4n) is 3.94. The number of halogens is 2. The molecule has 1 aliphatic heterocycles. The van der Waals surface area contributed by atoms with Crippen LogP contribution < -0.4 is 15.4 Å². The van der Waals surface area contributed by atoms with Crippen molar-refractivity contribution in [2.45, 2.75) is 31.8 Å². The second-order valence-corrected chi connectivity index (χ2v) is 8.60. The number of hydrogen-bond donors (Lipinski definition) is 2. The molecular weight excluding hydrogens is 477 g/mol. The maximum atomic E-state index is 11.8. The largest absolute Gasteiger partial charge is 0.495 e. The lowest BCUT2D eigenvalue weighted by Crippen LogP contribution is -2.52. The van der Waals surface area contributed by atoms with Crippen LogP contribution in [0.15, 0.2) is 37.1 Å². The molecule has 8 nitrogen and oxygen atoms in total. The highest BCUT2D eigenvalue weighted by molar-refractivity contribution is 6.40. The highest BCUT2D eigenvalue weighted by Crippen LogP contribution is 2.40. The van der Waals surface area contributed by atoms with Gasteiger partial charge in [-0.1, -0.05) is 36.7 Å². The van der Waals surface area contributed by atoms with E-state index in [4.69, 9.17) is 42.6 Å². The number of pyridine rings is 1. The molecular formula is C24H25Cl2N5O3. The lowest BCUT2D eigenvalue weighted by atomic mass is 10.0. The van der Waals surface area contributed by atoms with Gasteiger partial charge in [0.2, 0.25) is 11.9 Å². The summed E-state index contributed by atoms with van der Waals surface area (Å²) in [5.74, 6) is 0.727. The molecule has 34 heavy (non-hydrogen) atoms. The van der Waals surface area contributed by atoms with E-state index in [0.29, 0.717) is 59.1 Å². The fourth-order valence-corrected chi connectivity index (χ4v) is 4.58. The zero-order valence-electron chi connectivity index (χ0n) is 18.9. The van der Waals surface area contributed by atoms with Crippen molar-refractivity contribution in [2.24, 2.45) is 0 Å². The van der Waals surface area contributed by atoms with Gasteiger partial charge in [-0.15, -0.1) is 0 Å². The van der Waals surface area contributed by atoms with Gasteiger partial charge in [0.25, 0.3) is 0 Å². The summed E-state index contributed by atoms with van der Waals surface area (Å²) < 4.78 is 10.9. The minimum Gasteiger partial charge on any atom is -0.495 e. The number of hydrogen-bond acceptors (Lipinski definition) is 7. The van der Waals surface area contributed by atoms with Crippen LogP contribution in [0.2, 0.25) is 10.0 Å². The average Bonchev–Trinajstić information content (AvgIpc) is 2.85. The first-order valence-corrected chi connectivity index (χ1v) is 11.7. The predicted molar refractivity (Wildman–Crippen MR) is 134 cm³/mol. The number of ether oxygens (including phenoxy) is 2. The van der Waals surface area contributed by atoms with E-state index >= 15 is 0 Å². The van der Waals surface area contributed by atoms with Crippen LogP contribution in [0.1, 0.15) is 19.0 Å². The maximum Gasteiger partial charge on any atom is 0.243 e. The standard InChI is InChI=1S/C24H25Cl2N5O3/c1-4-15-23-13(10-17(28-15)21-14(25)6-7-19(33-3)22(21)26)11-27-24(31-23)30-18-12-34-9-8-16(18)29-20(32)5-2/h5-7,10-11,16,18H,2,4,8-9,12H2,1,3H3,(H,29,32)(H,27,30,31)/t16-,18+/m0/s1. The summed E-state index contributed by atoms with van der Waals surface area (Å²) in [6.07, 6.45) is 4.32. The Kier molecular flexibility index (Phi) is 7.50. The molecule has 2 aromatic heterocycles. The van der Waals surface area contributed by atoms with Crippen LogP contribution in [0, 0.1) is 0 Å². The Morgan fingerprint density at radius 2 is 2.15 bits per heavy atom. The number of carbonyl (C=O) groups is 1. The topological polar surface area (TPSA) is 98.3 Å². The molecule has 1 aliphatic rings. The Morgan fingerprint density at radius 1 is 1.32 bits per heavy atom. The summed E-state index contributed by atoms with van der Waals surface area (Å²) in [6.45, 7) is 6.52. The van der Waals surface area contributed by atoms with Crippen molar-refractivity contribution in [3.63, 3.8) is 0 Å². The number of nitrogens with one attached hydrogen (secondary N) is 2. The molecule has 3 heterocycles. The number of rotatable bonds is 7. The summed E-state index contributed by atoms with van der Waals surface area (Å²) in [7, 11) is 1.55. The molecule has 1 fully saturated rings. The first-order valence-electron chi connectivity index (χ1n) is 10.9. The number of carbonyl (C=O) groups excluding carboxylic acids is 1. The normalized spacial score (nSPS) is 17.9. The summed E-state index contributed by atoms with van der Waals surface area (Å²) in [4.78, 5) is 25.8. The quantitative estimate of drug-likeness (QED) is 0.461. The molecule has 0 unspecified atom stereocenters. The van der Waals surface area contributed by atoms with Crippen LogP contribution in [0.25, 0.3) is 22.2 Å². The van der Waals surface area contributed by atoms with Crippen LogP contribution in [0.3, 0.4) is 0 Å². The van der Waals surface area contributed by atoms with Crippen LogP contribution in [-0.2, 0) is 16.0 Å². The van der Waals surface area contributed by atoms with E-state index in [2.05, 4.69) is 22.2 Å². The first-order chi connectivity index (χ1) is 16.4. The molecule has 1 saturated heterocycles. The molecule has 10 heteroatoms. The Labute approximate surface area is 207 Å². The second-order valence-electron chi connectivity index (χ2n) is 7.81. The molecule has 4 rings (SSSR count). The third kappa shape index (κ3) is 4.94. The van der Waals surface area contributed by atoms with E-state index < -0.39 is 0 Å².